The lowest BCUT2D eigenvalue weighted by Crippen LogP contribution is -2.08. The van der Waals surface area contributed by atoms with Crippen LogP contribution in [0.4, 0.5) is 0 Å². The van der Waals surface area contributed by atoms with Crippen molar-refractivity contribution in [2.24, 2.45) is 0 Å². The number of rotatable bonds is 5. The molecule has 0 amide bonds. The standard InChI is InChI=1S/C17H20ClN/c1-13-6-3-4-8-15(13)9-10-16(18)12-17-14(2)7-5-11-19-17/h3-8,11,16H,9-10,12H2,1-2H3. The predicted octanol–water partition coefficient (Wildman–Crippen LogP) is 4.48. The molecular formula is C17H20ClN. The SMILES string of the molecule is Cc1ccccc1CCC(Cl)Cc1ncccc1C. The fourth-order valence-electron chi connectivity index (χ4n) is 2.25. The van der Waals surface area contributed by atoms with Crippen LogP contribution in [0.3, 0.4) is 0 Å². The Balaban J connectivity index is 1.90. The van der Waals surface area contributed by atoms with E-state index < -0.39 is 0 Å². The van der Waals surface area contributed by atoms with E-state index >= 15 is 0 Å². The van der Waals surface area contributed by atoms with Gasteiger partial charge in [0, 0.05) is 23.7 Å². The quantitative estimate of drug-likeness (QED) is 0.732. The van der Waals surface area contributed by atoms with Crippen molar-refractivity contribution in [1.29, 1.82) is 0 Å². The molecule has 1 unspecified atom stereocenters. The molecule has 0 aliphatic heterocycles. The fourth-order valence-corrected chi connectivity index (χ4v) is 2.50. The Morgan fingerprint density at radius 2 is 1.79 bits per heavy atom. The minimum atomic E-state index is 0.146. The maximum Gasteiger partial charge on any atom is 0.0447 e. The first kappa shape index (κ1) is 14.1. The third kappa shape index (κ3) is 4.07. The van der Waals surface area contributed by atoms with Gasteiger partial charge in [0.15, 0.2) is 0 Å². The summed E-state index contributed by atoms with van der Waals surface area (Å²) in [6, 6.07) is 12.6. The van der Waals surface area contributed by atoms with E-state index in [4.69, 9.17) is 11.6 Å². The number of nitrogens with zero attached hydrogens (tertiary/aromatic N) is 1. The Kier molecular flexibility index (Phi) is 4.98. The summed E-state index contributed by atoms with van der Waals surface area (Å²) in [4.78, 5) is 4.41. The molecular weight excluding hydrogens is 254 g/mol. The van der Waals surface area contributed by atoms with Crippen LogP contribution in [0.1, 0.15) is 28.8 Å². The first-order valence-corrected chi connectivity index (χ1v) is 7.19. The number of hydrogen-bond donors (Lipinski definition) is 0. The van der Waals surface area contributed by atoms with Gasteiger partial charge in [0.05, 0.1) is 0 Å². The molecule has 1 heterocycles. The third-order valence-electron chi connectivity index (χ3n) is 3.52. The summed E-state index contributed by atoms with van der Waals surface area (Å²) in [5.74, 6) is 0. The van der Waals surface area contributed by atoms with Crippen LogP contribution in [0.25, 0.3) is 0 Å². The van der Waals surface area contributed by atoms with Gasteiger partial charge in [0.25, 0.3) is 0 Å². The molecule has 0 saturated heterocycles. The lowest BCUT2D eigenvalue weighted by molar-refractivity contribution is 0.726. The van der Waals surface area contributed by atoms with Crippen LogP contribution in [0.15, 0.2) is 42.6 Å². The number of hydrogen-bond acceptors (Lipinski definition) is 1. The second-order valence-electron chi connectivity index (χ2n) is 5.03. The molecule has 2 rings (SSSR count). The summed E-state index contributed by atoms with van der Waals surface area (Å²) >= 11 is 6.45. The minimum Gasteiger partial charge on any atom is -0.261 e. The highest BCUT2D eigenvalue weighted by Gasteiger charge is 2.09. The van der Waals surface area contributed by atoms with Crippen molar-refractivity contribution < 1.29 is 0 Å². The Morgan fingerprint density at radius 1 is 1.05 bits per heavy atom. The van der Waals surface area contributed by atoms with Crippen LogP contribution in [0, 0.1) is 13.8 Å². The molecule has 1 aromatic carbocycles. The zero-order valence-electron chi connectivity index (χ0n) is 11.6. The molecule has 0 N–H and O–H groups in total. The highest BCUT2D eigenvalue weighted by atomic mass is 35.5. The van der Waals surface area contributed by atoms with Gasteiger partial charge in [-0.3, -0.25) is 4.98 Å². The van der Waals surface area contributed by atoms with Gasteiger partial charge in [-0.25, -0.2) is 0 Å². The van der Waals surface area contributed by atoms with Crippen LogP contribution in [0.5, 0.6) is 0 Å². The van der Waals surface area contributed by atoms with E-state index in [1.807, 2.05) is 12.3 Å². The Labute approximate surface area is 120 Å². The molecule has 0 aliphatic rings. The van der Waals surface area contributed by atoms with Crippen molar-refractivity contribution in [2.75, 3.05) is 0 Å². The van der Waals surface area contributed by atoms with Crippen LogP contribution >= 0.6 is 11.6 Å². The van der Waals surface area contributed by atoms with E-state index in [1.165, 1.54) is 16.7 Å². The van der Waals surface area contributed by atoms with Gasteiger partial charge in [-0.05, 0) is 49.4 Å². The van der Waals surface area contributed by atoms with Gasteiger partial charge in [0.2, 0.25) is 0 Å². The summed E-state index contributed by atoms with van der Waals surface area (Å²) in [6.45, 7) is 4.24. The molecule has 2 aromatic rings. The topological polar surface area (TPSA) is 12.9 Å². The van der Waals surface area contributed by atoms with Crippen LogP contribution in [-0.2, 0) is 12.8 Å². The van der Waals surface area contributed by atoms with Crippen molar-refractivity contribution in [1.82, 2.24) is 4.98 Å². The molecule has 0 radical (unpaired) electrons. The van der Waals surface area contributed by atoms with Gasteiger partial charge in [-0.2, -0.15) is 0 Å². The number of alkyl halides is 1. The number of benzene rings is 1. The molecule has 0 spiro atoms. The highest BCUT2D eigenvalue weighted by molar-refractivity contribution is 6.20. The van der Waals surface area contributed by atoms with E-state index in [-0.39, 0.29) is 5.38 Å². The number of halogens is 1. The van der Waals surface area contributed by atoms with Crippen LogP contribution in [-0.4, -0.2) is 10.4 Å². The molecule has 19 heavy (non-hydrogen) atoms. The predicted molar refractivity (Wildman–Crippen MR) is 81.8 cm³/mol. The van der Waals surface area contributed by atoms with Crippen molar-refractivity contribution >= 4 is 11.6 Å². The van der Waals surface area contributed by atoms with E-state index in [9.17, 15) is 0 Å². The monoisotopic (exact) mass is 273 g/mol. The molecule has 100 valence electrons. The molecule has 0 fully saturated rings. The molecule has 0 bridgehead atoms. The minimum absolute atomic E-state index is 0.146. The molecule has 1 aromatic heterocycles. The molecule has 2 heteroatoms. The zero-order chi connectivity index (χ0) is 13.7. The van der Waals surface area contributed by atoms with E-state index in [2.05, 4.69) is 49.2 Å². The average Bonchev–Trinajstić information content (AvgIpc) is 2.40. The number of aromatic nitrogens is 1. The fraction of sp³-hybridized carbons (Fsp3) is 0.353. The van der Waals surface area contributed by atoms with Crippen LogP contribution in [0.2, 0.25) is 0 Å². The maximum atomic E-state index is 6.45. The lowest BCUT2D eigenvalue weighted by atomic mass is 10.0. The Bertz CT molecular complexity index is 536. The van der Waals surface area contributed by atoms with Crippen molar-refractivity contribution in [3.05, 3.63) is 65.0 Å². The van der Waals surface area contributed by atoms with Crippen molar-refractivity contribution in [3.63, 3.8) is 0 Å². The van der Waals surface area contributed by atoms with Gasteiger partial charge in [-0.1, -0.05) is 30.3 Å². The second-order valence-corrected chi connectivity index (χ2v) is 5.65. The second kappa shape index (κ2) is 6.72. The summed E-state index contributed by atoms with van der Waals surface area (Å²) < 4.78 is 0. The number of pyridine rings is 1. The van der Waals surface area contributed by atoms with Gasteiger partial charge >= 0.3 is 0 Å². The van der Waals surface area contributed by atoms with Gasteiger partial charge in [0.1, 0.15) is 0 Å². The first-order valence-electron chi connectivity index (χ1n) is 6.76. The van der Waals surface area contributed by atoms with Crippen molar-refractivity contribution in [3.8, 4) is 0 Å². The smallest absolute Gasteiger partial charge is 0.0447 e. The Hall–Kier alpha value is -1.34. The zero-order valence-corrected chi connectivity index (χ0v) is 12.3. The maximum absolute atomic E-state index is 6.45. The normalized spacial score (nSPS) is 12.4. The lowest BCUT2D eigenvalue weighted by Gasteiger charge is -2.11. The molecule has 1 nitrogen and oxygen atoms in total. The Morgan fingerprint density at radius 3 is 2.53 bits per heavy atom. The van der Waals surface area contributed by atoms with Gasteiger partial charge in [-0.15, -0.1) is 11.6 Å². The summed E-state index contributed by atoms with van der Waals surface area (Å²) in [5, 5.41) is 0.146. The van der Waals surface area contributed by atoms with Crippen LogP contribution < -0.4 is 0 Å². The third-order valence-corrected chi connectivity index (χ3v) is 3.89. The molecule has 1 atom stereocenters. The highest BCUT2D eigenvalue weighted by Crippen LogP contribution is 2.17. The van der Waals surface area contributed by atoms with E-state index in [0.29, 0.717) is 0 Å². The summed E-state index contributed by atoms with van der Waals surface area (Å²) in [6.07, 6.45) is 4.71. The van der Waals surface area contributed by atoms with Crippen molar-refractivity contribution in [2.45, 2.75) is 38.5 Å². The van der Waals surface area contributed by atoms with E-state index in [0.717, 1.165) is 25.0 Å². The summed E-state index contributed by atoms with van der Waals surface area (Å²) in [7, 11) is 0. The first-order chi connectivity index (χ1) is 9.16. The summed E-state index contributed by atoms with van der Waals surface area (Å²) in [5.41, 5.74) is 5.09. The molecule has 0 saturated carbocycles. The largest absolute Gasteiger partial charge is 0.261 e. The average molecular weight is 274 g/mol. The van der Waals surface area contributed by atoms with Gasteiger partial charge < -0.3 is 0 Å². The number of aryl methyl sites for hydroxylation is 3. The van der Waals surface area contributed by atoms with E-state index in [1.54, 1.807) is 0 Å². The molecule has 0 aliphatic carbocycles.